The molecule has 0 spiro atoms. The quantitative estimate of drug-likeness (QED) is 0.296. The molecule has 21 heavy (non-hydrogen) atoms. The van der Waals surface area contributed by atoms with Crippen molar-refractivity contribution >= 4 is 17.6 Å². The molecule has 0 bridgehead atoms. The number of nitrogens with two attached hydrogens (primary N) is 1. The lowest BCUT2D eigenvalue weighted by Gasteiger charge is -2.10. The molecule has 0 radical (unpaired) electrons. The molecular weight excluding hydrogens is 307 g/mol. The van der Waals surface area contributed by atoms with Gasteiger partial charge in [0, 0.05) is 12.4 Å². The van der Waals surface area contributed by atoms with Crippen LogP contribution >= 0.6 is 11.8 Å². The van der Waals surface area contributed by atoms with Gasteiger partial charge in [0.25, 0.3) is 0 Å². The fraction of sp³-hybridized carbons (Fsp3) is 0.0909. The molecule has 0 aliphatic carbocycles. The van der Waals surface area contributed by atoms with Crippen molar-refractivity contribution in [3.63, 3.8) is 0 Å². The smallest absolute Gasteiger partial charge is 0.409 e. The first kappa shape index (κ1) is 15.0. The van der Waals surface area contributed by atoms with Crippen LogP contribution in [0.5, 0.6) is 0 Å². The molecule has 0 amide bonds. The molecule has 0 aromatic carbocycles. The number of oxime groups is 1. The van der Waals surface area contributed by atoms with Gasteiger partial charge in [-0.15, -0.1) is 0 Å². The fourth-order valence-corrected chi connectivity index (χ4v) is 2.18. The van der Waals surface area contributed by atoms with Gasteiger partial charge in [-0.05, 0) is 30.0 Å². The van der Waals surface area contributed by atoms with Crippen molar-refractivity contribution in [2.24, 2.45) is 10.9 Å². The number of halogens is 3. The second-order valence-electron chi connectivity index (χ2n) is 3.67. The highest BCUT2D eigenvalue weighted by Gasteiger charge is 2.33. The average molecular weight is 315 g/mol. The number of hydrogen-bond donors (Lipinski definition) is 2. The van der Waals surface area contributed by atoms with Crippen LogP contribution in [0.25, 0.3) is 0 Å². The van der Waals surface area contributed by atoms with Crippen LogP contribution in [0.3, 0.4) is 0 Å². The highest BCUT2D eigenvalue weighted by molar-refractivity contribution is 7.99. The van der Waals surface area contributed by atoms with E-state index in [2.05, 4.69) is 20.1 Å². The van der Waals surface area contributed by atoms with Gasteiger partial charge in [0.15, 0.2) is 11.0 Å². The van der Waals surface area contributed by atoms with Crippen molar-refractivity contribution in [1.82, 2.24) is 15.0 Å². The molecule has 6 nitrogen and oxygen atoms in total. The molecule has 0 saturated heterocycles. The number of aromatic nitrogens is 3. The molecule has 10 heteroatoms. The van der Waals surface area contributed by atoms with Gasteiger partial charge in [-0.3, -0.25) is 0 Å². The second-order valence-corrected chi connectivity index (χ2v) is 4.62. The summed E-state index contributed by atoms with van der Waals surface area (Å²) in [5, 5.41) is 11.5. The van der Waals surface area contributed by atoms with E-state index < -0.39 is 11.9 Å². The normalized spacial score (nSPS) is 12.4. The largest absolute Gasteiger partial charge is 0.433 e. The summed E-state index contributed by atoms with van der Waals surface area (Å²) >= 11 is 0.783. The lowest BCUT2D eigenvalue weighted by Crippen LogP contribution is -2.17. The molecular formula is C11H8F3N5OS. The lowest BCUT2D eigenvalue weighted by atomic mass is 10.2. The van der Waals surface area contributed by atoms with Gasteiger partial charge < -0.3 is 10.9 Å². The van der Waals surface area contributed by atoms with Crippen LogP contribution in [0.4, 0.5) is 13.2 Å². The molecule has 110 valence electrons. The SMILES string of the molecule is NC(=NO)c1ccc(C(F)(F)F)nc1Sc1ncccn1. The van der Waals surface area contributed by atoms with E-state index in [1.807, 2.05) is 0 Å². The maximum absolute atomic E-state index is 12.7. The fourth-order valence-electron chi connectivity index (χ4n) is 1.35. The Morgan fingerprint density at radius 3 is 2.48 bits per heavy atom. The summed E-state index contributed by atoms with van der Waals surface area (Å²) in [6.45, 7) is 0. The third-order valence-electron chi connectivity index (χ3n) is 2.26. The Kier molecular flexibility index (Phi) is 4.26. The monoisotopic (exact) mass is 315 g/mol. The highest BCUT2D eigenvalue weighted by atomic mass is 32.2. The molecule has 0 fully saturated rings. The van der Waals surface area contributed by atoms with E-state index in [0.717, 1.165) is 23.9 Å². The molecule has 0 unspecified atom stereocenters. The molecule has 0 aliphatic rings. The summed E-state index contributed by atoms with van der Waals surface area (Å²) in [6, 6.07) is 3.40. The Morgan fingerprint density at radius 1 is 1.24 bits per heavy atom. The van der Waals surface area contributed by atoms with Crippen molar-refractivity contribution < 1.29 is 18.4 Å². The Hall–Kier alpha value is -2.36. The predicted molar refractivity (Wildman–Crippen MR) is 67.9 cm³/mol. The Balaban J connectivity index is 2.48. The van der Waals surface area contributed by atoms with Crippen LogP contribution in [0.15, 0.2) is 45.9 Å². The number of hydrogen-bond acceptors (Lipinski definition) is 6. The van der Waals surface area contributed by atoms with Crippen LogP contribution < -0.4 is 5.73 Å². The standard InChI is InChI=1S/C11H8F3N5OS/c12-11(13,14)7-3-2-6(8(15)19-20)9(18-7)21-10-16-4-1-5-17-10/h1-5,20H,(H2,15,19). The lowest BCUT2D eigenvalue weighted by molar-refractivity contribution is -0.141. The zero-order chi connectivity index (χ0) is 15.5. The summed E-state index contributed by atoms with van der Waals surface area (Å²) in [4.78, 5) is 11.3. The van der Waals surface area contributed by atoms with Gasteiger partial charge in [0.05, 0.1) is 5.56 Å². The molecule has 0 atom stereocenters. The van der Waals surface area contributed by atoms with E-state index >= 15 is 0 Å². The van der Waals surface area contributed by atoms with Gasteiger partial charge >= 0.3 is 6.18 Å². The molecule has 2 heterocycles. The Morgan fingerprint density at radius 2 is 1.90 bits per heavy atom. The maximum atomic E-state index is 12.7. The van der Waals surface area contributed by atoms with Gasteiger partial charge in [-0.2, -0.15) is 13.2 Å². The third-order valence-corrected chi connectivity index (χ3v) is 3.16. The number of pyridine rings is 1. The van der Waals surface area contributed by atoms with E-state index in [-0.39, 0.29) is 21.6 Å². The van der Waals surface area contributed by atoms with Gasteiger partial charge in [-0.25, -0.2) is 15.0 Å². The first-order valence-corrected chi connectivity index (χ1v) is 6.24. The summed E-state index contributed by atoms with van der Waals surface area (Å²) in [7, 11) is 0. The van der Waals surface area contributed by atoms with Gasteiger partial charge in [0.1, 0.15) is 10.7 Å². The zero-order valence-corrected chi connectivity index (χ0v) is 11.1. The van der Waals surface area contributed by atoms with Crippen LogP contribution in [-0.2, 0) is 6.18 Å². The third kappa shape index (κ3) is 3.60. The maximum Gasteiger partial charge on any atom is 0.433 e. The molecule has 2 aromatic heterocycles. The van der Waals surface area contributed by atoms with Gasteiger partial charge in [0.2, 0.25) is 0 Å². The highest BCUT2D eigenvalue weighted by Crippen LogP contribution is 2.32. The van der Waals surface area contributed by atoms with Crippen molar-refractivity contribution in [3.8, 4) is 0 Å². The summed E-state index contributed by atoms with van der Waals surface area (Å²) in [6.07, 6.45) is -1.73. The molecule has 3 N–H and O–H groups in total. The van der Waals surface area contributed by atoms with Crippen molar-refractivity contribution in [2.75, 3.05) is 0 Å². The van der Waals surface area contributed by atoms with E-state index in [1.54, 1.807) is 6.07 Å². The van der Waals surface area contributed by atoms with E-state index in [9.17, 15) is 13.2 Å². The first-order valence-electron chi connectivity index (χ1n) is 5.43. The Labute approximate surface area is 120 Å². The Bertz CT molecular complexity index is 663. The molecule has 0 saturated carbocycles. The van der Waals surface area contributed by atoms with E-state index in [1.165, 1.54) is 12.4 Å². The molecule has 0 aliphatic heterocycles. The minimum atomic E-state index is -4.60. The zero-order valence-electron chi connectivity index (χ0n) is 10.2. The average Bonchev–Trinajstić information content (AvgIpc) is 2.46. The summed E-state index contributed by atoms with van der Waals surface area (Å²) < 4.78 is 38.1. The van der Waals surface area contributed by atoms with Crippen LogP contribution in [0, 0.1) is 0 Å². The first-order chi connectivity index (χ1) is 9.91. The van der Waals surface area contributed by atoms with Gasteiger partial charge in [-0.1, -0.05) is 5.16 Å². The number of nitrogens with zero attached hydrogens (tertiary/aromatic N) is 4. The van der Waals surface area contributed by atoms with Crippen molar-refractivity contribution in [1.29, 1.82) is 0 Å². The minimum absolute atomic E-state index is 0.0583. The van der Waals surface area contributed by atoms with E-state index in [4.69, 9.17) is 10.9 Å². The predicted octanol–water partition coefficient (Wildman–Crippen LogP) is 2.14. The topological polar surface area (TPSA) is 97.3 Å². The number of alkyl halides is 3. The van der Waals surface area contributed by atoms with E-state index in [0.29, 0.717) is 0 Å². The number of rotatable bonds is 3. The second kappa shape index (κ2) is 5.95. The summed E-state index contributed by atoms with van der Waals surface area (Å²) in [5.74, 6) is -0.352. The van der Waals surface area contributed by atoms with Crippen LogP contribution in [-0.4, -0.2) is 26.0 Å². The molecule has 2 aromatic rings. The summed E-state index contributed by atoms with van der Waals surface area (Å²) in [5.41, 5.74) is 4.40. The minimum Gasteiger partial charge on any atom is -0.409 e. The van der Waals surface area contributed by atoms with Crippen LogP contribution in [0.2, 0.25) is 0 Å². The van der Waals surface area contributed by atoms with Crippen molar-refractivity contribution in [2.45, 2.75) is 16.4 Å². The number of amidine groups is 1. The molecule has 2 rings (SSSR count). The van der Waals surface area contributed by atoms with Crippen molar-refractivity contribution in [3.05, 3.63) is 41.9 Å². The van der Waals surface area contributed by atoms with Crippen LogP contribution in [0.1, 0.15) is 11.3 Å².